The highest BCUT2D eigenvalue weighted by molar-refractivity contribution is 7.10. The number of thiophene rings is 1. The average Bonchev–Trinajstić information content (AvgIpc) is 2.86. The molecule has 0 fully saturated rings. The van der Waals surface area contributed by atoms with Gasteiger partial charge in [0, 0.05) is 10.4 Å². The molecule has 1 atom stereocenters. The fraction of sp³-hybridized carbons (Fsp3) is 0.375. The van der Waals surface area contributed by atoms with Gasteiger partial charge in [-0.2, -0.15) is 0 Å². The smallest absolute Gasteiger partial charge is 0.123 e. The molecule has 2 rings (SSSR count). The molecule has 0 aliphatic rings. The quantitative estimate of drug-likeness (QED) is 0.855. The van der Waals surface area contributed by atoms with Gasteiger partial charge in [-0.25, -0.2) is 0 Å². The van der Waals surface area contributed by atoms with E-state index in [1.165, 1.54) is 16.0 Å². The minimum Gasteiger partial charge on any atom is -0.496 e. The molecule has 1 N–H and O–H groups in total. The zero-order valence-corrected chi connectivity index (χ0v) is 12.6. The van der Waals surface area contributed by atoms with E-state index in [4.69, 9.17) is 4.74 Å². The monoisotopic (exact) mass is 275 g/mol. The lowest BCUT2D eigenvalue weighted by molar-refractivity contribution is 0.404. The van der Waals surface area contributed by atoms with Gasteiger partial charge >= 0.3 is 0 Å². The summed E-state index contributed by atoms with van der Waals surface area (Å²) in [5.74, 6) is 0.946. The van der Waals surface area contributed by atoms with Crippen molar-refractivity contribution in [2.45, 2.75) is 26.3 Å². The number of methoxy groups -OCH3 is 1. The maximum atomic E-state index is 5.51. The van der Waals surface area contributed by atoms with E-state index < -0.39 is 0 Å². The number of hydrogen-bond donors (Lipinski definition) is 1. The first-order valence-electron chi connectivity index (χ1n) is 6.68. The lowest BCUT2D eigenvalue weighted by Gasteiger charge is -2.21. The van der Waals surface area contributed by atoms with Gasteiger partial charge in [-0.3, -0.25) is 0 Å². The largest absolute Gasteiger partial charge is 0.496 e. The molecule has 0 spiro atoms. The molecule has 1 aromatic carbocycles. The predicted molar refractivity (Wildman–Crippen MR) is 82.2 cm³/mol. The van der Waals surface area contributed by atoms with E-state index in [9.17, 15) is 0 Å². The van der Waals surface area contributed by atoms with Gasteiger partial charge in [-0.15, -0.1) is 11.3 Å². The van der Waals surface area contributed by atoms with Gasteiger partial charge in [-0.05, 0) is 43.0 Å². The van der Waals surface area contributed by atoms with Crippen LogP contribution in [0.5, 0.6) is 5.75 Å². The third-order valence-electron chi connectivity index (χ3n) is 3.26. The van der Waals surface area contributed by atoms with Crippen molar-refractivity contribution in [3.8, 4) is 5.75 Å². The topological polar surface area (TPSA) is 21.3 Å². The van der Waals surface area contributed by atoms with Crippen LogP contribution in [0.3, 0.4) is 0 Å². The fourth-order valence-electron chi connectivity index (χ4n) is 2.28. The number of ether oxygens (including phenoxy) is 1. The molecule has 1 unspecified atom stereocenters. The summed E-state index contributed by atoms with van der Waals surface area (Å²) in [6, 6.07) is 10.7. The summed E-state index contributed by atoms with van der Waals surface area (Å²) in [4.78, 5) is 1.36. The molecule has 0 amide bonds. The van der Waals surface area contributed by atoms with Crippen LogP contribution < -0.4 is 10.1 Å². The Morgan fingerprint density at radius 1 is 1.21 bits per heavy atom. The summed E-state index contributed by atoms with van der Waals surface area (Å²) in [5.41, 5.74) is 2.56. The van der Waals surface area contributed by atoms with Crippen LogP contribution in [0.25, 0.3) is 0 Å². The summed E-state index contributed by atoms with van der Waals surface area (Å²) in [6.45, 7) is 5.36. The average molecular weight is 275 g/mol. The molecule has 19 heavy (non-hydrogen) atoms. The molecule has 102 valence electrons. The molecule has 0 saturated heterocycles. The molecule has 2 aromatic rings. The first-order chi connectivity index (χ1) is 9.27. The first kappa shape index (κ1) is 14.1. The Morgan fingerprint density at radius 2 is 2.00 bits per heavy atom. The number of hydrogen-bond acceptors (Lipinski definition) is 3. The van der Waals surface area contributed by atoms with Crippen molar-refractivity contribution in [3.05, 3.63) is 51.7 Å². The van der Waals surface area contributed by atoms with Crippen LogP contribution >= 0.6 is 11.3 Å². The Morgan fingerprint density at radius 3 is 2.63 bits per heavy atom. The molecular formula is C16H21NOS. The molecule has 0 saturated carbocycles. The molecule has 0 radical (unpaired) electrons. The van der Waals surface area contributed by atoms with Crippen molar-refractivity contribution in [2.75, 3.05) is 13.7 Å². The van der Waals surface area contributed by atoms with E-state index in [0.717, 1.165) is 18.7 Å². The van der Waals surface area contributed by atoms with E-state index in [2.05, 4.69) is 42.7 Å². The standard InChI is InChI=1S/C16H21NOS/c1-4-10-17-16(13-9-11-19-12(13)2)14-7-5-6-8-15(14)18-3/h5-9,11,16-17H,4,10H2,1-3H3. The van der Waals surface area contributed by atoms with Crippen molar-refractivity contribution in [3.63, 3.8) is 0 Å². The molecular weight excluding hydrogens is 254 g/mol. The highest BCUT2D eigenvalue weighted by Crippen LogP contribution is 2.33. The Bertz CT molecular complexity index is 521. The van der Waals surface area contributed by atoms with Crippen molar-refractivity contribution < 1.29 is 4.74 Å². The highest BCUT2D eigenvalue weighted by atomic mass is 32.1. The van der Waals surface area contributed by atoms with Crippen molar-refractivity contribution in [1.29, 1.82) is 0 Å². The normalized spacial score (nSPS) is 12.4. The second kappa shape index (κ2) is 6.73. The number of aryl methyl sites for hydroxylation is 1. The lowest BCUT2D eigenvalue weighted by Crippen LogP contribution is -2.23. The molecule has 1 heterocycles. The fourth-order valence-corrected chi connectivity index (χ4v) is 3.02. The summed E-state index contributed by atoms with van der Waals surface area (Å²) in [6.07, 6.45) is 1.12. The number of rotatable bonds is 6. The van der Waals surface area contributed by atoms with Crippen LogP contribution in [-0.4, -0.2) is 13.7 Å². The number of benzene rings is 1. The van der Waals surface area contributed by atoms with Crippen molar-refractivity contribution in [1.82, 2.24) is 5.32 Å². The lowest BCUT2D eigenvalue weighted by atomic mass is 9.98. The first-order valence-corrected chi connectivity index (χ1v) is 7.56. The Kier molecular flexibility index (Phi) is 5.00. The van der Waals surface area contributed by atoms with Crippen molar-refractivity contribution in [2.24, 2.45) is 0 Å². The van der Waals surface area contributed by atoms with Crippen LogP contribution in [0, 0.1) is 6.92 Å². The third-order valence-corrected chi connectivity index (χ3v) is 4.12. The minimum atomic E-state index is 0.211. The summed E-state index contributed by atoms with van der Waals surface area (Å²) < 4.78 is 5.51. The van der Waals surface area contributed by atoms with Gasteiger partial charge in [0.15, 0.2) is 0 Å². The molecule has 1 aromatic heterocycles. The summed E-state index contributed by atoms with van der Waals surface area (Å²) >= 11 is 1.79. The van der Waals surface area contributed by atoms with E-state index in [-0.39, 0.29) is 6.04 Å². The maximum absolute atomic E-state index is 5.51. The van der Waals surface area contributed by atoms with Crippen LogP contribution in [0.4, 0.5) is 0 Å². The molecule has 0 aliphatic heterocycles. The second-order valence-electron chi connectivity index (χ2n) is 4.56. The van der Waals surface area contributed by atoms with Crippen LogP contribution in [-0.2, 0) is 0 Å². The van der Waals surface area contributed by atoms with Gasteiger partial charge in [0.25, 0.3) is 0 Å². The molecule has 3 heteroatoms. The maximum Gasteiger partial charge on any atom is 0.123 e. The van der Waals surface area contributed by atoms with Gasteiger partial charge in [-0.1, -0.05) is 25.1 Å². The van der Waals surface area contributed by atoms with Gasteiger partial charge in [0.1, 0.15) is 5.75 Å². The predicted octanol–water partition coefficient (Wildman–Crippen LogP) is 4.15. The van der Waals surface area contributed by atoms with Crippen LogP contribution in [0.1, 0.15) is 35.4 Å². The van der Waals surface area contributed by atoms with Gasteiger partial charge in [0.2, 0.25) is 0 Å². The second-order valence-corrected chi connectivity index (χ2v) is 5.68. The highest BCUT2D eigenvalue weighted by Gasteiger charge is 2.19. The number of para-hydroxylation sites is 1. The zero-order chi connectivity index (χ0) is 13.7. The van der Waals surface area contributed by atoms with Gasteiger partial charge < -0.3 is 10.1 Å². The Hall–Kier alpha value is -1.32. The zero-order valence-electron chi connectivity index (χ0n) is 11.8. The van der Waals surface area contributed by atoms with E-state index in [1.54, 1.807) is 18.4 Å². The van der Waals surface area contributed by atoms with Crippen LogP contribution in [0.15, 0.2) is 35.7 Å². The molecule has 0 bridgehead atoms. The van der Waals surface area contributed by atoms with E-state index >= 15 is 0 Å². The summed E-state index contributed by atoms with van der Waals surface area (Å²) in [5, 5.41) is 5.78. The summed E-state index contributed by atoms with van der Waals surface area (Å²) in [7, 11) is 1.73. The Balaban J connectivity index is 2.40. The number of nitrogens with one attached hydrogen (secondary N) is 1. The SMILES string of the molecule is CCCNC(c1ccccc1OC)c1ccsc1C. The Labute approximate surface area is 119 Å². The molecule has 2 nitrogen and oxygen atoms in total. The van der Waals surface area contributed by atoms with Crippen molar-refractivity contribution >= 4 is 11.3 Å². The third kappa shape index (κ3) is 3.17. The van der Waals surface area contributed by atoms with Crippen LogP contribution in [0.2, 0.25) is 0 Å². The van der Waals surface area contributed by atoms with E-state index in [1.807, 2.05) is 12.1 Å². The van der Waals surface area contributed by atoms with Gasteiger partial charge in [0.05, 0.1) is 13.2 Å². The van der Waals surface area contributed by atoms with E-state index in [0.29, 0.717) is 0 Å². The molecule has 0 aliphatic carbocycles. The minimum absolute atomic E-state index is 0.211.